The molecule has 0 amide bonds. The molecular formula is C24H19NS. The van der Waals surface area contributed by atoms with E-state index in [9.17, 15) is 0 Å². The summed E-state index contributed by atoms with van der Waals surface area (Å²) in [6.45, 7) is 0.836. The molecule has 0 fully saturated rings. The van der Waals surface area contributed by atoms with Gasteiger partial charge < -0.3 is 5.32 Å². The first-order valence-corrected chi connectivity index (χ1v) is 9.78. The molecule has 0 saturated carbocycles. The third kappa shape index (κ3) is 2.77. The van der Waals surface area contributed by atoms with E-state index in [2.05, 4.69) is 90.4 Å². The second-order valence-corrected chi connectivity index (χ2v) is 7.84. The van der Waals surface area contributed by atoms with Gasteiger partial charge in [-0.15, -0.1) is 0 Å². The lowest BCUT2D eigenvalue weighted by atomic mass is 9.97. The highest BCUT2D eigenvalue weighted by Crippen LogP contribution is 2.39. The highest BCUT2D eigenvalue weighted by Gasteiger charge is 2.15. The fourth-order valence-electron chi connectivity index (χ4n) is 3.76. The van der Waals surface area contributed by atoms with Gasteiger partial charge >= 0.3 is 0 Å². The maximum atomic E-state index is 3.58. The maximum absolute atomic E-state index is 3.58. The van der Waals surface area contributed by atoms with Gasteiger partial charge in [0.15, 0.2) is 0 Å². The molecule has 1 aliphatic heterocycles. The van der Waals surface area contributed by atoms with Crippen molar-refractivity contribution >= 4 is 33.3 Å². The molecule has 0 saturated heterocycles. The van der Waals surface area contributed by atoms with Crippen molar-refractivity contribution in [1.29, 1.82) is 0 Å². The SMILES string of the molecule is C(NCc1c2ccccc2cc2ccccc12)=C1Cc2ccccc2S1. The zero-order valence-electron chi connectivity index (χ0n) is 14.4. The van der Waals surface area contributed by atoms with Crippen LogP contribution in [0.1, 0.15) is 11.1 Å². The Bertz CT molecular complexity index is 1060. The van der Waals surface area contributed by atoms with Crippen LogP contribution in [0, 0.1) is 0 Å². The second-order valence-electron chi connectivity index (χ2n) is 6.68. The molecule has 4 aromatic carbocycles. The zero-order chi connectivity index (χ0) is 17.3. The minimum absolute atomic E-state index is 0.836. The molecule has 2 heteroatoms. The summed E-state index contributed by atoms with van der Waals surface area (Å²) in [4.78, 5) is 2.77. The van der Waals surface area contributed by atoms with Crippen LogP contribution in [0.25, 0.3) is 21.5 Å². The summed E-state index contributed by atoms with van der Waals surface area (Å²) in [7, 11) is 0. The molecule has 0 aromatic heterocycles. The van der Waals surface area contributed by atoms with Crippen molar-refractivity contribution < 1.29 is 0 Å². The Balaban J connectivity index is 1.47. The quantitative estimate of drug-likeness (QED) is 0.435. The van der Waals surface area contributed by atoms with Crippen LogP contribution < -0.4 is 5.32 Å². The predicted molar refractivity (Wildman–Crippen MR) is 112 cm³/mol. The molecule has 0 atom stereocenters. The first kappa shape index (κ1) is 15.5. The number of thioether (sulfide) groups is 1. The molecule has 1 nitrogen and oxygen atoms in total. The molecule has 4 aromatic rings. The molecule has 0 bridgehead atoms. The van der Waals surface area contributed by atoms with Crippen molar-refractivity contribution in [2.75, 3.05) is 0 Å². The van der Waals surface area contributed by atoms with E-state index >= 15 is 0 Å². The summed E-state index contributed by atoms with van der Waals surface area (Å²) >= 11 is 1.88. The minimum Gasteiger partial charge on any atom is -0.386 e. The summed E-state index contributed by atoms with van der Waals surface area (Å²) in [5, 5.41) is 8.85. The van der Waals surface area contributed by atoms with Gasteiger partial charge in [-0.25, -0.2) is 0 Å². The summed E-state index contributed by atoms with van der Waals surface area (Å²) in [6.07, 6.45) is 3.23. The van der Waals surface area contributed by atoms with Crippen molar-refractivity contribution in [1.82, 2.24) is 5.32 Å². The summed E-state index contributed by atoms with van der Waals surface area (Å²) in [5.74, 6) is 0. The van der Waals surface area contributed by atoms with Gasteiger partial charge in [0.2, 0.25) is 0 Å². The van der Waals surface area contributed by atoms with Crippen LogP contribution in [0.4, 0.5) is 0 Å². The predicted octanol–water partition coefficient (Wildman–Crippen LogP) is 6.27. The Morgan fingerprint density at radius 3 is 2.19 bits per heavy atom. The number of benzene rings is 4. The van der Waals surface area contributed by atoms with E-state index in [1.54, 1.807) is 0 Å². The first-order chi connectivity index (χ1) is 12.9. The molecule has 0 radical (unpaired) electrons. The number of nitrogens with one attached hydrogen (secondary N) is 1. The van der Waals surface area contributed by atoms with Crippen LogP contribution in [0.15, 0.2) is 94.9 Å². The lowest BCUT2D eigenvalue weighted by molar-refractivity contribution is 0.876. The lowest BCUT2D eigenvalue weighted by Gasteiger charge is -2.12. The Morgan fingerprint density at radius 2 is 1.46 bits per heavy atom. The number of hydrogen-bond acceptors (Lipinski definition) is 2. The molecule has 0 unspecified atom stereocenters. The van der Waals surface area contributed by atoms with Crippen LogP contribution in [0.2, 0.25) is 0 Å². The fraction of sp³-hybridized carbons (Fsp3) is 0.0833. The average molecular weight is 353 g/mol. The van der Waals surface area contributed by atoms with Crippen molar-refractivity contribution in [3.05, 3.63) is 101 Å². The van der Waals surface area contributed by atoms with Gasteiger partial charge in [0.05, 0.1) is 0 Å². The number of rotatable bonds is 3. The first-order valence-electron chi connectivity index (χ1n) is 8.96. The monoisotopic (exact) mass is 353 g/mol. The second kappa shape index (κ2) is 6.54. The van der Waals surface area contributed by atoms with Gasteiger partial charge in [-0.3, -0.25) is 0 Å². The average Bonchev–Trinajstić information content (AvgIpc) is 3.10. The summed E-state index contributed by atoms with van der Waals surface area (Å²) in [6, 6.07) is 28.3. The molecule has 1 aliphatic rings. The molecule has 5 rings (SSSR count). The molecular weight excluding hydrogens is 334 g/mol. The number of fused-ring (bicyclic) bond motifs is 3. The third-order valence-corrected chi connectivity index (χ3v) is 6.15. The van der Waals surface area contributed by atoms with E-state index in [-0.39, 0.29) is 0 Å². The fourth-order valence-corrected chi connectivity index (χ4v) is 4.83. The number of allylic oxidation sites excluding steroid dienone is 1. The minimum atomic E-state index is 0.836. The Kier molecular flexibility index (Phi) is 3.91. The van der Waals surface area contributed by atoms with Crippen LogP contribution in [-0.2, 0) is 13.0 Å². The van der Waals surface area contributed by atoms with E-state index in [1.165, 1.54) is 42.5 Å². The topological polar surface area (TPSA) is 12.0 Å². The van der Waals surface area contributed by atoms with Gasteiger partial charge in [-0.2, -0.15) is 0 Å². The zero-order valence-corrected chi connectivity index (χ0v) is 15.2. The Labute approximate surface area is 157 Å². The van der Waals surface area contributed by atoms with E-state index < -0.39 is 0 Å². The molecule has 1 heterocycles. The molecule has 0 spiro atoms. The highest BCUT2D eigenvalue weighted by molar-refractivity contribution is 8.03. The maximum Gasteiger partial charge on any atom is 0.0407 e. The van der Waals surface area contributed by atoms with Crippen LogP contribution in [0.5, 0.6) is 0 Å². The van der Waals surface area contributed by atoms with E-state index in [1.807, 2.05) is 11.8 Å². The van der Waals surface area contributed by atoms with E-state index in [0.29, 0.717) is 0 Å². The van der Waals surface area contributed by atoms with Crippen molar-refractivity contribution in [2.45, 2.75) is 17.9 Å². The lowest BCUT2D eigenvalue weighted by Crippen LogP contribution is -2.06. The smallest absolute Gasteiger partial charge is 0.0407 e. The van der Waals surface area contributed by atoms with Gasteiger partial charge in [0.25, 0.3) is 0 Å². The van der Waals surface area contributed by atoms with Crippen LogP contribution in [0.3, 0.4) is 0 Å². The Hall–Kier alpha value is -2.71. The van der Waals surface area contributed by atoms with Gasteiger partial charge in [0, 0.05) is 29.0 Å². The highest BCUT2D eigenvalue weighted by atomic mass is 32.2. The summed E-state index contributed by atoms with van der Waals surface area (Å²) in [5.41, 5.74) is 2.80. The van der Waals surface area contributed by atoms with Gasteiger partial charge in [-0.1, -0.05) is 78.5 Å². The summed E-state index contributed by atoms with van der Waals surface area (Å²) < 4.78 is 0. The molecule has 126 valence electrons. The molecule has 0 aliphatic carbocycles. The molecule has 26 heavy (non-hydrogen) atoms. The van der Waals surface area contributed by atoms with Crippen molar-refractivity contribution in [3.63, 3.8) is 0 Å². The standard InChI is InChI=1S/C24H19NS/c1-4-10-21-17(7-1)13-18-8-2-5-11-22(18)23(21)16-25-15-20-14-19-9-3-6-12-24(19)26-20/h1-13,15,25H,14,16H2. The van der Waals surface area contributed by atoms with E-state index in [0.717, 1.165) is 13.0 Å². The van der Waals surface area contributed by atoms with Crippen LogP contribution in [-0.4, -0.2) is 0 Å². The number of hydrogen-bond donors (Lipinski definition) is 1. The normalized spacial score (nSPS) is 14.8. The van der Waals surface area contributed by atoms with Crippen molar-refractivity contribution in [2.24, 2.45) is 0 Å². The van der Waals surface area contributed by atoms with Crippen LogP contribution >= 0.6 is 11.8 Å². The molecule has 1 N–H and O–H groups in total. The van der Waals surface area contributed by atoms with Gasteiger partial charge in [0.1, 0.15) is 0 Å². The Morgan fingerprint density at radius 1 is 0.808 bits per heavy atom. The van der Waals surface area contributed by atoms with Crippen molar-refractivity contribution in [3.8, 4) is 0 Å². The van der Waals surface area contributed by atoms with Gasteiger partial charge in [-0.05, 0) is 44.8 Å². The third-order valence-electron chi connectivity index (χ3n) is 5.00. The van der Waals surface area contributed by atoms with E-state index in [4.69, 9.17) is 0 Å². The largest absolute Gasteiger partial charge is 0.386 e.